The maximum Gasteiger partial charge on any atom is 0.202 e. The first kappa shape index (κ1) is 13.2. The fraction of sp³-hybridized carbons (Fsp3) is 0.500. The van der Waals surface area contributed by atoms with Crippen molar-refractivity contribution in [1.82, 2.24) is 15.6 Å². The number of nitrogens with zero attached hydrogens (tertiary/aromatic N) is 3. The number of nitrogens with one attached hydrogen (secondary N) is 2. The summed E-state index contributed by atoms with van der Waals surface area (Å²) in [6.45, 7) is 0.773. The van der Waals surface area contributed by atoms with Gasteiger partial charge in [0.1, 0.15) is 0 Å². The molecule has 0 unspecified atom stereocenters. The van der Waals surface area contributed by atoms with Crippen molar-refractivity contribution in [2.75, 3.05) is 24.3 Å². The lowest BCUT2D eigenvalue weighted by Gasteiger charge is -2.03. The Hall–Kier alpha value is -1.88. The molecule has 0 aliphatic heterocycles. The lowest BCUT2D eigenvalue weighted by molar-refractivity contribution is 0.304. The van der Waals surface area contributed by atoms with E-state index in [0.717, 1.165) is 0 Å². The van der Waals surface area contributed by atoms with Gasteiger partial charge in [-0.15, -0.1) is 0 Å². The summed E-state index contributed by atoms with van der Waals surface area (Å²) in [6, 6.07) is 0. The first-order chi connectivity index (χ1) is 8.15. The maximum atomic E-state index is 10.2. The molecule has 0 amide bonds. The second-order valence-electron chi connectivity index (χ2n) is 2.86. The van der Waals surface area contributed by atoms with Crippen LogP contribution < -0.4 is 16.4 Å². The molecule has 10 nitrogen and oxygen atoms in total. The van der Waals surface area contributed by atoms with E-state index in [9.17, 15) is 8.42 Å². The molecule has 0 aromatic carbocycles. The predicted molar refractivity (Wildman–Crippen MR) is 58.5 cm³/mol. The van der Waals surface area contributed by atoms with Crippen LogP contribution in [0.2, 0.25) is 0 Å². The predicted octanol–water partition coefficient (Wildman–Crippen LogP) is -2.27. The van der Waals surface area contributed by atoms with E-state index in [-0.39, 0.29) is 23.2 Å². The number of oxime groups is 1. The Kier molecular flexibility index (Phi) is 5.16. The number of thiol groups is 1. The molecule has 11 heteroatoms. The van der Waals surface area contributed by atoms with Crippen LogP contribution in [-0.4, -0.2) is 48.7 Å². The first-order valence-electron chi connectivity index (χ1n) is 4.52. The summed E-state index contributed by atoms with van der Waals surface area (Å²) in [5.74, 6) is -0.112. The van der Waals surface area contributed by atoms with E-state index >= 15 is 0 Å². The second kappa shape index (κ2) is 6.65. The van der Waals surface area contributed by atoms with Crippen molar-refractivity contribution in [3.63, 3.8) is 0 Å². The minimum atomic E-state index is -2.44. The van der Waals surface area contributed by atoms with Gasteiger partial charge in [0.05, 0.1) is 5.88 Å². The normalized spacial score (nSPS) is 11.9. The van der Waals surface area contributed by atoms with E-state index in [1.165, 1.54) is 0 Å². The Labute approximate surface area is 97.8 Å². The Morgan fingerprint density at radius 1 is 1.47 bits per heavy atom. The van der Waals surface area contributed by atoms with E-state index in [1.54, 1.807) is 0 Å². The monoisotopic (exact) mass is 264 g/mol. The summed E-state index contributed by atoms with van der Waals surface area (Å²) < 4.78 is 24.9. The molecule has 0 atom stereocenters. The number of hydrogen-bond donors (Lipinski definition) is 5. The van der Waals surface area contributed by atoms with Crippen LogP contribution in [-0.2, 0) is 10.7 Å². The van der Waals surface area contributed by atoms with Crippen LogP contribution in [0.1, 0.15) is 5.69 Å². The third kappa shape index (κ3) is 4.24. The van der Waals surface area contributed by atoms with Gasteiger partial charge in [0, 0.05) is 13.1 Å². The summed E-state index contributed by atoms with van der Waals surface area (Å²) in [4.78, 5) is 0. The van der Waals surface area contributed by atoms with Gasteiger partial charge in [0.15, 0.2) is 22.2 Å². The molecule has 1 aromatic heterocycles. The van der Waals surface area contributed by atoms with E-state index in [2.05, 4.69) is 30.7 Å². The van der Waals surface area contributed by atoms with Crippen LogP contribution in [0, 0.1) is 0 Å². The number of rotatable bonds is 7. The third-order valence-corrected chi connectivity index (χ3v) is 2.16. The van der Waals surface area contributed by atoms with Gasteiger partial charge >= 0.3 is 0 Å². The van der Waals surface area contributed by atoms with Crippen LogP contribution in [0.4, 0.5) is 5.82 Å². The highest BCUT2D eigenvalue weighted by molar-refractivity contribution is 7.72. The summed E-state index contributed by atoms with van der Waals surface area (Å²) in [5, 5.41) is 23.6. The number of hydrogen-bond acceptors (Lipinski definition) is 9. The maximum absolute atomic E-state index is 10.2. The average molecular weight is 264 g/mol. The standard InChI is InChI=1S/C6H12N6O4S/c7-5(10-13)4-6(12-16-11-4)9-2-1-8-3-17(14)15/h8,13,17H,1-3H2,(H2,7,10)(H,9,12). The zero-order chi connectivity index (χ0) is 12.7. The van der Waals surface area contributed by atoms with Crippen LogP contribution in [0.15, 0.2) is 9.78 Å². The highest BCUT2D eigenvalue weighted by Crippen LogP contribution is 2.07. The fourth-order valence-electron chi connectivity index (χ4n) is 0.960. The van der Waals surface area contributed by atoms with Crippen molar-refractivity contribution >= 4 is 22.4 Å². The van der Waals surface area contributed by atoms with E-state index < -0.39 is 10.7 Å². The number of aromatic nitrogens is 2. The highest BCUT2D eigenvalue weighted by atomic mass is 32.2. The Balaban J connectivity index is 2.39. The molecule has 0 saturated heterocycles. The topological polar surface area (TPSA) is 156 Å². The quantitative estimate of drug-likeness (QED) is 0.0915. The van der Waals surface area contributed by atoms with Crippen LogP contribution in [0.5, 0.6) is 0 Å². The summed E-state index contributed by atoms with van der Waals surface area (Å²) >= 11 is 0. The molecule has 0 bridgehead atoms. The van der Waals surface area contributed by atoms with Gasteiger partial charge < -0.3 is 21.6 Å². The molecule has 1 heterocycles. The SMILES string of the molecule is NC(=NO)c1nonc1NCCNC[SH](=O)=O. The summed E-state index contributed by atoms with van der Waals surface area (Å²) in [7, 11) is -2.44. The Morgan fingerprint density at radius 3 is 2.88 bits per heavy atom. The Bertz CT molecular complexity index is 447. The zero-order valence-electron chi connectivity index (χ0n) is 8.66. The minimum absolute atomic E-state index is 0.0856. The van der Waals surface area contributed by atoms with Crippen molar-refractivity contribution in [2.45, 2.75) is 0 Å². The van der Waals surface area contributed by atoms with Gasteiger partial charge in [0.25, 0.3) is 0 Å². The van der Waals surface area contributed by atoms with Gasteiger partial charge in [-0.2, -0.15) is 0 Å². The fourth-order valence-corrected chi connectivity index (χ4v) is 1.30. The Morgan fingerprint density at radius 2 is 2.24 bits per heavy atom. The van der Waals surface area contributed by atoms with Crippen molar-refractivity contribution in [2.24, 2.45) is 10.9 Å². The molecule has 0 fully saturated rings. The van der Waals surface area contributed by atoms with Gasteiger partial charge in [-0.1, -0.05) is 5.16 Å². The van der Waals surface area contributed by atoms with Gasteiger partial charge in [-0.3, -0.25) is 0 Å². The lowest BCUT2D eigenvalue weighted by atomic mass is 10.4. The molecule has 1 rings (SSSR count). The van der Waals surface area contributed by atoms with Crippen molar-refractivity contribution in [3.8, 4) is 0 Å². The highest BCUT2D eigenvalue weighted by Gasteiger charge is 2.13. The molecule has 0 aliphatic carbocycles. The second-order valence-corrected chi connectivity index (χ2v) is 3.85. The third-order valence-electron chi connectivity index (χ3n) is 1.67. The van der Waals surface area contributed by atoms with Crippen molar-refractivity contribution in [1.29, 1.82) is 0 Å². The zero-order valence-corrected chi connectivity index (χ0v) is 9.55. The van der Waals surface area contributed by atoms with Gasteiger partial charge in [0.2, 0.25) is 5.82 Å². The first-order valence-corrected chi connectivity index (χ1v) is 5.88. The van der Waals surface area contributed by atoms with Crippen molar-refractivity contribution in [3.05, 3.63) is 5.69 Å². The number of anilines is 1. The molecule has 96 valence electrons. The summed E-state index contributed by atoms with van der Waals surface area (Å²) in [6.07, 6.45) is 0. The van der Waals surface area contributed by atoms with E-state index in [0.29, 0.717) is 13.1 Å². The van der Waals surface area contributed by atoms with Crippen LogP contribution in [0.3, 0.4) is 0 Å². The molecule has 17 heavy (non-hydrogen) atoms. The molecule has 0 aliphatic rings. The molecular formula is C6H12N6O4S. The van der Waals surface area contributed by atoms with Crippen LogP contribution >= 0.6 is 0 Å². The summed E-state index contributed by atoms with van der Waals surface area (Å²) in [5.41, 5.74) is 5.40. The number of nitrogens with two attached hydrogens (primary N) is 1. The number of amidine groups is 1. The van der Waals surface area contributed by atoms with E-state index in [1.807, 2.05) is 0 Å². The average Bonchev–Trinajstić information content (AvgIpc) is 2.75. The smallest absolute Gasteiger partial charge is 0.202 e. The van der Waals surface area contributed by atoms with Gasteiger partial charge in [-0.25, -0.2) is 13.0 Å². The van der Waals surface area contributed by atoms with E-state index in [4.69, 9.17) is 10.9 Å². The van der Waals surface area contributed by atoms with Crippen molar-refractivity contribution < 1.29 is 18.3 Å². The molecule has 5 N–H and O–H groups in total. The molecular weight excluding hydrogens is 252 g/mol. The lowest BCUT2D eigenvalue weighted by Crippen LogP contribution is -2.25. The molecule has 1 aromatic rings. The van der Waals surface area contributed by atoms with Gasteiger partial charge in [-0.05, 0) is 10.3 Å². The molecule has 0 spiro atoms. The van der Waals surface area contributed by atoms with Crippen LogP contribution in [0.25, 0.3) is 0 Å². The minimum Gasteiger partial charge on any atom is -0.409 e. The molecule has 0 radical (unpaired) electrons. The molecule has 0 saturated carbocycles. The largest absolute Gasteiger partial charge is 0.409 e.